The van der Waals surface area contributed by atoms with Crippen LogP contribution >= 0.6 is 0 Å². The highest BCUT2D eigenvalue weighted by Crippen LogP contribution is 2.26. The zero-order valence-corrected chi connectivity index (χ0v) is 17.3. The molecule has 0 aliphatic rings. The number of hydrogen-bond donors (Lipinski definition) is 0. The smallest absolute Gasteiger partial charge is 0.342 e. The van der Waals surface area contributed by atoms with Crippen LogP contribution < -0.4 is 4.18 Å². The summed E-state index contributed by atoms with van der Waals surface area (Å²) in [5.41, 5.74) is 1.60. The molecule has 0 fully saturated rings. The van der Waals surface area contributed by atoms with E-state index < -0.39 is 22.7 Å². The molecule has 0 amide bonds. The molecule has 3 rings (SSSR count). The van der Waals surface area contributed by atoms with E-state index in [0.29, 0.717) is 11.1 Å². The first kappa shape index (κ1) is 21.3. The van der Waals surface area contributed by atoms with Crippen molar-refractivity contribution >= 4 is 21.9 Å². The lowest BCUT2D eigenvalue weighted by molar-refractivity contribution is 0.0473. The maximum Gasteiger partial charge on any atom is 0.342 e. The second-order valence-corrected chi connectivity index (χ2v) is 8.18. The maximum atomic E-state index is 12.8. The van der Waals surface area contributed by atoms with Crippen molar-refractivity contribution in [3.05, 3.63) is 95.1 Å². The molecule has 0 aliphatic heterocycles. The van der Waals surface area contributed by atoms with Crippen LogP contribution in [0.15, 0.2) is 77.7 Å². The number of carbonyl (C=O) groups is 2. The van der Waals surface area contributed by atoms with Crippen LogP contribution in [0, 0.1) is 13.8 Å². The largest absolute Gasteiger partial charge is 0.454 e. The van der Waals surface area contributed by atoms with Gasteiger partial charge in [-0.2, -0.15) is 8.42 Å². The number of esters is 1. The molecule has 6 nitrogen and oxygen atoms in total. The van der Waals surface area contributed by atoms with Crippen LogP contribution in [0.3, 0.4) is 0 Å². The Morgan fingerprint density at radius 1 is 0.867 bits per heavy atom. The molecule has 0 aromatic heterocycles. The van der Waals surface area contributed by atoms with Crippen molar-refractivity contribution in [1.82, 2.24) is 0 Å². The van der Waals surface area contributed by atoms with Gasteiger partial charge in [0, 0.05) is 5.56 Å². The quantitative estimate of drug-likeness (QED) is 0.322. The summed E-state index contributed by atoms with van der Waals surface area (Å²) in [5, 5.41) is 0. The minimum Gasteiger partial charge on any atom is -0.454 e. The average Bonchev–Trinajstić information content (AvgIpc) is 2.74. The summed E-state index contributed by atoms with van der Waals surface area (Å²) >= 11 is 0. The van der Waals surface area contributed by atoms with Crippen molar-refractivity contribution in [1.29, 1.82) is 0 Å². The fourth-order valence-electron chi connectivity index (χ4n) is 2.76. The molecule has 154 valence electrons. The van der Waals surface area contributed by atoms with Crippen molar-refractivity contribution in [2.24, 2.45) is 0 Å². The van der Waals surface area contributed by atoms with Gasteiger partial charge in [-0.1, -0.05) is 54.6 Å². The fourth-order valence-corrected chi connectivity index (χ4v) is 4.03. The van der Waals surface area contributed by atoms with E-state index in [1.807, 2.05) is 0 Å². The molecular weight excluding hydrogens is 404 g/mol. The first-order valence-electron chi connectivity index (χ1n) is 9.14. The van der Waals surface area contributed by atoms with Crippen LogP contribution in [0.5, 0.6) is 5.75 Å². The van der Waals surface area contributed by atoms with E-state index in [1.54, 1.807) is 68.4 Å². The third-order valence-electron chi connectivity index (χ3n) is 4.35. The SMILES string of the molecule is Cc1ccc(C)c(S(=O)(=O)Oc2ccccc2C(=O)OCC(=O)c2ccccc2)c1. The maximum absolute atomic E-state index is 12.8. The second kappa shape index (κ2) is 8.92. The zero-order valence-electron chi connectivity index (χ0n) is 16.5. The van der Waals surface area contributed by atoms with Crippen molar-refractivity contribution in [2.45, 2.75) is 18.7 Å². The first-order chi connectivity index (χ1) is 14.3. The number of carbonyl (C=O) groups excluding carboxylic acids is 2. The van der Waals surface area contributed by atoms with Crippen LogP contribution in [0.25, 0.3) is 0 Å². The number of para-hydroxylation sites is 1. The summed E-state index contributed by atoms with van der Waals surface area (Å²) in [6.45, 7) is 2.96. The van der Waals surface area contributed by atoms with Gasteiger partial charge in [0.25, 0.3) is 0 Å². The number of ketones is 1. The number of ether oxygens (including phenoxy) is 1. The lowest BCUT2D eigenvalue weighted by Gasteiger charge is -2.13. The number of Topliss-reactive ketones (excluding diaryl/α,β-unsaturated/α-hetero) is 1. The predicted octanol–water partition coefficient (Wildman–Crippen LogP) is 4.11. The second-order valence-electron chi connectivity index (χ2n) is 6.67. The van der Waals surface area contributed by atoms with E-state index in [9.17, 15) is 18.0 Å². The number of aryl methyl sites for hydroxylation is 2. The molecule has 0 aliphatic carbocycles. The van der Waals surface area contributed by atoms with E-state index in [4.69, 9.17) is 8.92 Å². The van der Waals surface area contributed by atoms with E-state index in [0.717, 1.165) is 5.56 Å². The Balaban J connectivity index is 1.79. The number of benzene rings is 3. The Labute approximate surface area is 175 Å². The highest BCUT2D eigenvalue weighted by Gasteiger charge is 2.23. The summed E-state index contributed by atoms with van der Waals surface area (Å²) in [5.74, 6) is -1.40. The average molecular weight is 424 g/mol. The molecule has 3 aromatic rings. The van der Waals surface area contributed by atoms with Crippen LogP contribution in [0.1, 0.15) is 31.8 Å². The highest BCUT2D eigenvalue weighted by molar-refractivity contribution is 7.87. The van der Waals surface area contributed by atoms with Gasteiger partial charge in [0.2, 0.25) is 0 Å². The van der Waals surface area contributed by atoms with Gasteiger partial charge in [0.15, 0.2) is 18.1 Å². The van der Waals surface area contributed by atoms with Crippen LogP contribution in [-0.2, 0) is 14.9 Å². The van der Waals surface area contributed by atoms with E-state index in [-0.39, 0.29) is 22.0 Å². The van der Waals surface area contributed by atoms with Crippen LogP contribution in [0.4, 0.5) is 0 Å². The molecule has 0 spiro atoms. The van der Waals surface area contributed by atoms with Crippen molar-refractivity contribution < 1.29 is 26.9 Å². The molecule has 3 aromatic carbocycles. The topological polar surface area (TPSA) is 86.7 Å². The third kappa shape index (κ3) is 4.93. The molecule has 0 bridgehead atoms. The predicted molar refractivity (Wildman–Crippen MR) is 111 cm³/mol. The standard InChI is InChI=1S/C23H20O6S/c1-16-12-13-17(2)22(14-16)30(26,27)29-21-11-7-6-10-19(21)23(25)28-15-20(24)18-8-4-3-5-9-18/h3-14H,15H2,1-2H3. The van der Waals surface area contributed by atoms with Gasteiger partial charge in [0.05, 0.1) is 0 Å². The van der Waals surface area contributed by atoms with E-state index in [2.05, 4.69) is 0 Å². The van der Waals surface area contributed by atoms with Gasteiger partial charge < -0.3 is 8.92 Å². The summed E-state index contributed by atoms with van der Waals surface area (Å²) < 4.78 is 35.9. The van der Waals surface area contributed by atoms with Crippen molar-refractivity contribution in [3.63, 3.8) is 0 Å². The molecule has 0 atom stereocenters. The van der Waals surface area contributed by atoms with Crippen LogP contribution in [0.2, 0.25) is 0 Å². The number of hydrogen-bond acceptors (Lipinski definition) is 6. The Hall–Kier alpha value is -3.45. The minimum absolute atomic E-state index is 0.0184. The van der Waals surface area contributed by atoms with Crippen molar-refractivity contribution in [3.8, 4) is 5.75 Å². The molecule has 0 N–H and O–H groups in total. The molecule has 0 saturated carbocycles. The zero-order chi connectivity index (χ0) is 21.7. The van der Waals surface area contributed by atoms with Gasteiger partial charge in [-0.15, -0.1) is 0 Å². The molecule has 30 heavy (non-hydrogen) atoms. The molecule has 0 heterocycles. The first-order valence-corrected chi connectivity index (χ1v) is 10.5. The minimum atomic E-state index is -4.17. The summed E-state index contributed by atoms with van der Waals surface area (Å²) in [6, 6.07) is 19.2. The summed E-state index contributed by atoms with van der Waals surface area (Å²) in [6.07, 6.45) is 0. The monoisotopic (exact) mass is 424 g/mol. The van der Waals surface area contributed by atoms with Gasteiger partial charge in [0.1, 0.15) is 10.5 Å². The lowest BCUT2D eigenvalue weighted by Crippen LogP contribution is -2.17. The Kier molecular flexibility index (Phi) is 6.32. The molecular formula is C23H20O6S. The molecule has 7 heteroatoms. The third-order valence-corrected chi connectivity index (χ3v) is 5.73. The fraction of sp³-hybridized carbons (Fsp3) is 0.130. The molecule has 0 unspecified atom stereocenters. The van der Waals surface area contributed by atoms with Gasteiger partial charge in [-0.05, 0) is 43.2 Å². The summed E-state index contributed by atoms with van der Waals surface area (Å²) in [4.78, 5) is 24.7. The van der Waals surface area contributed by atoms with Crippen molar-refractivity contribution in [2.75, 3.05) is 6.61 Å². The number of rotatable bonds is 7. The van der Waals surface area contributed by atoms with Gasteiger partial charge in [-0.25, -0.2) is 4.79 Å². The Morgan fingerprint density at radius 3 is 2.27 bits per heavy atom. The summed E-state index contributed by atoms with van der Waals surface area (Å²) in [7, 11) is -4.17. The van der Waals surface area contributed by atoms with Gasteiger partial charge >= 0.3 is 16.1 Å². The highest BCUT2D eigenvalue weighted by atomic mass is 32.2. The molecule has 0 radical (unpaired) electrons. The van der Waals surface area contributed by atoms with E-state index >= 15 is 0 Å². The normalized spacial score (nSPS) is 11.0. The van der Waals surface area contributed by atoms with E-state index in [1.165, 1.54) is 18.2 Å². The molecule has 0 saturated heterocycles. The van der Waals surface area contributed by atoms with Crippen LogP contribution in [-0.4, -0.2) is 26.8 Å². The Bertz CT molecular complexity index is 1180. The van der Waals surface area contributed by atoms with Gasteiger partial charge in [-0.3, -0.25) is 4.79 Å². The Morgan fingerprint density at radius 2 is 1.53 bits per heavy atom. The lowest BCUT2D eigenvalue weighted by atomic mass is 10.1.